The number of carbonyl (C=O) groups excluding carboxylic acids is 1. The molecule has 0 radical (unpaired) electrons. The lowest BCUT2D eigenvalue weighted by atomic mass is 10.1. The summed E-state index contributed by atoms with van der Waals surface area (Å²) in [6.45, 7) is 0. The van der Waals surface area contributed by atoms with Crippen LogP contribution in [0.25, 0.3) is 0 Å². The molecule has 1 heteroatoms. The minimum atomic E-state index is 0.279. The standard InChI is InChI=1S/C11H10O/c12-11-8-7-9-5-3-1-2-4-6-10(9)11/h1-6H,7-8H2/b2-1-,3-1?,4-2?,5-3-,6-4-,9-5?,10-6?. The van der Waals surface area contributed by atoms with Crippen LogP contribution in [0.5, 0.6) is 0 Å². The molecule has 0 saturated carbocycles. The van der Waals surface area contributed by atoms with Gasteiger partial charge < -0.3 is 0 Å². The Labute approximate surface area is 71.8 Å². The van der Waals surface area contributed by atoms with Crippen LogP contribution in [0, 0.1) is 0 Å². The molecule has 0 atom stereocenters. The highest BCUT2D eigenvalue weighted by molar-refractivity contribution is 6.02. The van der Waals surface area contributed by atoms with Crippen molar-refractivity contribution >= 4 is 5.78 Å². The topological polar surface area (TPSA) is 17.1 Å². The third kappa shape index (κ3) is 1.18. The van der Waals surface area contributed by atoms with Gasteiger partial charge >= 0.3 is 0 Å². The molecule has 0 bridgehead atoms. The minimum absolute atomic E-state index is 0.279. The maximum Gasteiger partial charge on any atom is 0.163 e. The van der Waals surface area contributed by atoms with Crippen LogP contribution < -0.4 is 0 Å². The van der Waals surface area contributed by atoms with E-state index in [1.54, 1.807) is 0 Å². The van der Waals surface area contributed by atoms with Crippen LogP contribution in [0.2, 0.25) is 0 Å². The summed E-state index contributed by atoms with van der Waals surface area (Å²) in [5.74, 6) is 0.279. The maximum absolute atomic E-state index is 11.3. The fraction of sp³-hybridized carbons (Fsp3) is 0.182. The Morgan fingerprint density at radius 1 is 0.917 bits per heavy atom. The lowest BCUT2D eigenvalue weighted by Crippen LogP contribution is -1.92. The van der Waals surface area contributed by atoms with Gasteiger partial charge in [-0.2, -0.15) is 0 Å². The van der Waals surface area contributed by atoms with Crippen LogP contribution in [0.4, 0.5) is 0 Å². The van der Waals surface area contributed by atoms with E-state index in [0.29, 0.717) is 6.42 Å². The molecular formula is C11H10O. The zero-order valence-electron chi connectivity index (χ0n) is 6.79. The number of hydrogen-bond donors (Lipinski definition) is 0. The summed E-state index contributed by atoms with van der Waals surface area (Å²) in [4.78, 5) is 11.3. The molecule has 0 aromatic heterocycles. The van der Waals surface area contributed by atoms with Crippen LogP contribution in [0.3, 0.4) is 0 Å². The second-order valence-electron chi connectivity index (χ2n) is 2.97. The van der Waals surface area contributed by atoms with Gasteiger partial charge in [0.2, 0.25) is 0 Å². The van der Waals surface area contributed by atoms with E-state index in [4.69, 9.17) is 0 Å². The van der Waals surface area contributed by atoms with Gasteiger partial charge in [-0.15, -0.1) is 0 Å². The molecule has 1 nitrogen and oxygen atoms in total. The number of carbonyl (C=O) groups is 1. The summed E-state index contributed by atoms with van der Waals surface area (Å²) < 4.78 is 0. The van der Waals surface area contributed by atoms with Crippen LogP contribution in [0.15, 0.2) is 47.6 Å². The van der Waals surface area contributed by atoms with Gasteiger partial charge in [-0.1, -0.05) is 36.5 Å². The molecule has 0 unspecified atom stereocenters. The van der Waals surface area contributed by atoms with E-state index in [9.17, 15) is 4.79 Å². The summed E-state index contributed by atoms with van der Waals surface area (Å²) in [7, 11) is 0. The fourth-order valence-electron chi connectivity index (χ4n) is 1.52. The molecule has 2 rings (SSSR count). The average Bonchev–Trinajstić information content (AvgIpc) is 2.31. The molecule has 0 N–H and O–H groups in total. The van der Waals surface area contributed by atoms with Gasteiger partial charge in [0, 0.05) is 12.0 Å². The first kappa shape index (κ1) is 7.29. The van der Waals surface area contributed by atoms with Gasteiger partial charge in [-0.3, -0.25) is 4.79 Å². The van der Waals surface area contributed by atoms with E-state index >= 15 is 0 Å². The minimum Gasteiger partial charge on any atom is -0.294 e. The zero-order valence-corrected chi connectivity index (χ0v) is 6.79. The molecule has 2 aliphatic rings. The van der Waals surface area contributed by atoms with E-state index in [1.807, 2.05) is 36.5 Å². The highest BCUT2D eigenvalue weighted by Crippen LogP contribution is 2.25. The largest absolute Gasteiger partial charge is 0.294 e. The van der Waals surface area contributed by atoms with Crippen molar-refractivity contribution in [2.45, 2.75) is 12.8 Å². The van der Waals surface area contributed by atoms with Gasteiger partial charge in [-0.05, 0) is 12.0 Å². The SMILES string of the molecule is O=C1CCC2=C1\C=C/C=C\C=C/2. The van der Waals surface area contributed by atoms with Crippen molar-refractivity contribution < 1.29 is 4.79 Å². The van der Waals surface area contributed by atoms with Crippen LogP contribution >= 0.6 is 0 Å². The molecule has 0 saturated heterocycles. The Morgan fingerprint density at radius 3 is 2.50 bits per heavy atom. The normalized spacial score (nSPS) is 29.2. The first-order valence-corrected chi connectivity index (χ1v) is 4.16. The third-order valence-electron chi connectivity index (χ3n) is 2.16. The lowest BCUT2D eigenvalue weighted by molar-refractivity contribution is -0.114. The molecule has 0 spiro atoms. The Balaban J connectivity index is 2.43. The molecule has 2 aliphatic carbocycles. The van der Waals surface area contributed by atoms with E-state index in [2.05, 4.69) is 0 Å². The summed E-state index contributed by atoms with van der Waals surface area (Å²) in [5.41, 5.74) is 2.08. The summed E-state index contributed by atoms with van der Waals surface area (Å²) in [6.07, 6.45) is 13.3. The predicted octanol–water partition coefficient (Wildman–Crippen LogP) is 2.33. The summed E-state index contributed by atoms with van der Waals surface area (Å²) in [5, 5.41) is 0. The fourth-order valence-corrected chi connectivity index (χ4v) is 1.52. The highest BCUT2D eigenvalue weighted by atomic mass is 16.1. The molecule has 0 heterocycles. The van der Waals surface area contributed by atoms with Gasteiger partial charge in [0.05, 0.1) is 0 Å². The van der Waals surface area contributed by atoms with Crippen molar-refractivity contribution in [1.29, 1.82) is 0 Å². The Hall–Kier alpha value is -1.37. The van der Waals surface area contributed by atoms with Crippen molar-refractivity contribution in [2.75, 3.05) is 0 Å². The third-order valence-corrected chi connectivity index (χ3v) is 2.16. The molecule has 0 aromatic carbocycles. The van der Waals surface area contributed by atoms with Gasteiger partial charge in [-0.25, -0.2) is 0 Å². The summed E-state index contributed by atoms with van der Waals surface area (Å²) >= 11 is 0. The first-order valence-electron chi connectivity index (χ1n) is 4.16. The van der Waals surface area contributed by atoms with Crippen molar-refractivity contribution in [3.63, 3.8) is 0 Å². The van der Waals surface area contributed by atoms with Crippen molar-refractivity contribution in [3.05, 3.63) is 47.6 Å². The number of Topliss-reactive ketones (excluding diaryl/α,β-unsaturated/α-hetero) is 1. The average molecular weight is 158 g/mol. The number of allylic oxidation sites excluding steroid dienone is 8. The number of ketones is 1. The highest BCUT2D eigenvalue weighted by Gasteiger charge is 2.18. The van der Waals surface area contributed by atoms with Gasteiger partial charge in [0.1, 0.15) is 0 Å². The molecule has 0 aromatic rings. The second-order valence-corrected chi connectivity index (χ2v) is 2.97. The molecule has 60 valence electrons. The Morgan fingerprint density at radius 2 is 1.67 bits per heavy atom. The summed E-state index contributed by atoms with van der Waals surface area (Å²) in [6, 6.07) is 0. The molecule has 0 amide bonds. The monoisotopic (exact) mass is 158 g/mol. The maximum atomic E-state index is 11.3. The van der Waals surface area contributed by atoms with Crippen LogP contribution in [-0.4, -0.2) is 5.78 Å². The Bertz CT molecular complexity index is 327. The van der Waals surface area contributed by atoms with Gasteiger partial charge in [0.25, 0.3) is 0 Å². The molecule has 0 fully saturated rings. The van der Waals surface area contributed by atoms with Crippen molar-refractivity contribution in [3.8, 4) is 0 Å². The van der Waals surface area contributed by atoms with Crippen LogP contribution in [0.1, 0.15) is 12.8 Å². The van der Waals surface area contributed by atoms with Crippen molar-refractivity contribution in [1.82, 2.24) is 0 Å². The molecular weight excluding hydrogens is 148 g/mol. The van der Waals surface area contributed by atoms with Crippen molar-refractivity contribution in [2.24, 2.45) is 0 Å². The van der Waals surface area contributed by atoms with E-state index in [-0.39, 0.29) is 5.78 Å². The predicted molar refractivity (Wildman–Crippen MR) is 48.7 cm³/mol. The van der Waals surface area contributed by atoms with Crippen LogP contribution in [-0.2, 0) is 4.79 Å². The van der Waals surface area contributed by atoms with E-state index in [0.717, 1.165) is 12.0 Å². The quantitative estimate of drug-likeness (QED) is 0.528. The lowest BCUT2D eigenvalue weighted by Gasteiger charge is -1.95. The molecule has 12 heavy (non-hydrogen) atoms. The van der Waals surface area contributed by atoms with E-state index < -0.39 is 0 Å². The molecule has 0 aliphatic heterocycles. The Kier molecular flexibility index (Phi) is 1.78. The van der Waals surface area contributed by atoms with Gasteiger partial charge in [0.15, 0.2) is 5.78 Å². The first-order chi connectivity index (χ1) is 5.88. The smallest absolute Gasteiger partial charge is 0.163 e. The number of hydrogen-bond acceptors (Lipinski definition) is 1. The number of rotatable bonds is 0. The van der Waals surface area contributed by atoms with E-state index in [1.165, 1.54) is 5.57 Å². The second kappa shape index (κ2) is 2.94. The zero-order chi connectivity index (χ0) is 8.39.